The van der Waals surface area contributed by atoms with E-state index < -0.39 is 10.0 Å². The number of nitrogens with zero attached hydrogens (tertiary/aromatic N) is 2. The zero-order chi connectivity index (χ0) is 13.9. The van der Waals surface area contributed by atoms with Crippen molar-refractivity contribution in [2.45, 2.75) is 23.8 Å². The number of nitrogens with one attached hydrogen (secondary N) is 1. The molecule has 0 saturated carbocycles. The molecule has 0 unspecified atom stereocenters. The molecule has 0 spiro atoms. The number of piperidine rings is 1. The summed E-state index contributed by atoms with van der Waals surface area (Å²) >= 11 is 0. The fraction of sp³-hybridized carbons (Fsp3) is 0.583. The third kappa shape index (κ3) is 3.60. The predicted molar refractivity (Wildman–Crippen MR) is 78.9 cm³/mol. The van der Waals surface area contributed by atoms with Crippen molar-refractivity contribution < 1.29 is 13.2 Å². The molecule has 1 fully saturated rings. The molecular weight excluding hydrogens is 302 g/mol. The third-order valence-electron chi connectivity index (χ3n) is 3.42. The fourth-order valence-corrected chi connectivity index (χ4v) is 3.53. The zero-order valence-corrected chi connectivity index (χ0v) is 13.2. The van der Waals surface area contributed by atoms with Gasteiger partial charge in [-0.1, -0.05) is 0 Å². The smallest absolute Gasteiger partial charge is 0.244 e. The SMILES string of the molecule is COc1ccc(S(=O)(=O)N(C)C2CCNCC2)cn1.Cl. The van der Waals surface area contributed by atoms with Crippen LogP contribution in [0.2, 0.25) is 0 Å². The van der Waals surface area contributed by atoms with E-state index in [1.807, 2.05) is 0 Å². The highest BCUT2D eigenvalue weighted by Gasteiger charge is 2.29. The second-order valence-corrected chi connectivity index (χ2v) is 6.54. The normalized spacial score (nSPS) is 16.8. The lowest BCUT2D eigenvalue weighted by molar-refractivity contribution is 0.296. The largest absolute Gasteiger partial charge is 0.481 e. The summed E-state index contributed by atoms with van der Waals surface area (Å²) < 4.78 is 31.3. The molecular formula is C12H20ClN3O3S. The van der Waals surface area contributed by atoms with Crippen molar-refractivity contribution in [3.8, 4) is 5.88 Å². The molecule has 1 aromatic heterocycles. The lowest BCUT2D eigenvalue weighted by Gasteiger charge is -2.30. The van der Waals surface area contributed by atoms with Crippen LogP contribution in [0.15, 0.2) is 23.2 Å². The van der Waals surface area contributed by atoms with Crippen LogP contribution < -0.4 is 10.1 Å². The Morgan fingerprint density at radius 2 is 2.00 bits per heavy atom. The highest BCUT2D eigenvalue weighted by atomic mass is 35.5. The van der Waals surface area contributed by atoms with Gasteiger partial charge in [-0.05, 0) is 32.0 Å². The average Bonchev–Trinajstić information content (AvgIpc) is 2.47. The molecule has 0 radical (unpaired) electrons. The van der Waals surface area contributed by atoms with Gasteiger partial charge in [-0.15, -0.1) is 12.4 Å². The Labute approximate surface area is 126 Å². The van der Waals surface area contributed by atoms with E-state index in [4.69, 9.17) is 4.74 Å². The number of hydrogen-bond acceptors (Lipinski definition) is 5. The number of hydrogen-bond donors (Lipinski definition) is 1. The molecule has 0 bridgehead atoms. The van der Waals surface area contributed by atoms with E-state index in [1.165, 1.54) is 23.7 Å². The van der Waals surface area contributed by atoms with E-state index >= 15 is 0 Å². The minimum Gasteiger partial charge on any atom is -0.481 e. The molecule has 20 heavy (non-hydrogen) atoms. The molecule has 1 N–H and O–H groups in total. The van der Waals surface area contributed by atoms with Gasteiger partial charge < -0.3 is 10.1 Å². The minimum absolute atomic E-state index is 0. The van der Waals surface area contributed by atoms with Gasteiger partial charge in [0, 0.05) is 19.2 Å². The number of sulfonamides is 1. The number of aromatic nitrogens is 1. The highest BCUT2D eigenvalue weighted by molar-refractivity contribution is 7.89. The lowest BCUT2D eigenvalue weighted by atomic mass is 10.1. The van der Waals surface area contributed by atoms with Crippen molar-refractivity contribution in [2.24, 2.45) is 0 Å². The van der Waals surface area contributed by atoms with Gasteiger partial charge in [0.1, 0.15) is 4.90 Å². The zero-order valence-electron chi connectivity index (χ0n) is 11.6. The van der Waals surface area contributed by atoms with Crippen LogP contribution in [-0.4, -0.2) is 51.0 Å². The predicted octanol–water partition coefficient (Wildman–Crippen LogP) is 0.884. The van der Waals surface area contributed by atoms with Crippen LogP contribution in [0.3, 0.4) is 0 Å². The maximum absolute atomic E-state index is 12.5. The van der Waals surface area contributed by atoms with Crippen LogP contribution in [0, 0.1) is 0 Å². The molecule has 2 rings (SSSR count). The first-order valence-electron chi connectivity index (χ1n) is 6.24. The molecule has 1 saturated heterocycles. The molecule has 0 amide bonds. The summed E-state index contributed by atoms with van der Waals surface area (Å²) in [7, 11) is -0.344. The van der Waals surface area contributed by atoms with Crippen LogP contribution in [0.4, 0.5) is 0 Å². The standard InChI is InChI=1S/C12H19N3O3S.ClH/c1-15(10-5-7-13-8-6-10)19(16,17)11-3-4-12(18-2)14-9-11;/h3-4,9-10,13H,5-8H2,1-2H3;1H. The highest BCUT2D eigenvalue weighted by Crippen LogP contribution is 2.21. The first-order valence-corrected chi connectivity index (χ1v) is 7.68. The average molecular weight is 322 g/mol. The van der Waals surface area contributed by atoms with E-state index in [9.17, 15) is 8.42 Å². The molecule has 0 aromatic carbocycles. The second kappa shape index (κ2) is 7.21. The van der Waals surface area contributed by atoms with Crippen LogP contribution >= 0.6 is 12.4 Å². The first kappa shape index (κ1) is 17.2. The van der Waals surface area contributed by atoms with Crippen molar-refractivity contribution in [1.82, 2.24) is 14.6 Å². The van der Waals surface area contributed by atoms with Gasteiger partial charge >= 0.3 is 0 Å². The van der Waals surface area contributed by atoms with Crippen LogP contribution in [0.1, 0.15) is 12.8 Å². The van der Waals surface area contributed by atoms with E-state index in [2.05, 4.69) is 10.3 Å². The lowest BCUT2D eigenvalue weighted by Crippen LogP contribution is -2.43. The van der Waals surface area contributed by atoms with E-state index in [0.717, 1.165) is 25.9 Å². The van der Waals surface area contributed by atoms with Gasteiger partial charge in [0.2, 0.25) is 15.9 Å². The maximum Gasteiger partial charge on any atom is 0.244 e. The van der Waals surface area contributed by atoms with Gasteiger partial charge in [0.15, 0.2) is 0 Å². The Kier molecular flexibility index (Phi) is 6.19. The number of rotatable bonds is 4. The monoisotopic (exact) mass is 321 g/mol. The Morgan fingerprint density at radius 3 is 2.50 bits per heavy atom. The molecule has 0 aliphatic carbocycles. The van der Waals surface area contributed by atoms with E-state index in [1.54, 1.807) is 13.1 Å². The molecule has 2 heterocycles. The van der Waals surface area contributed by atoms with Gasteiger partial charge in [0.05, 0.1) is 13.3 Å². The van der Waals surface area contributed by atoms with Crippen molar-refractivity contribution in [3.05, 3.63) is 18.3 Å². The fourth-order valence-electron chi connectivity index (χ4n) is 2.17. The quantitative estimate of drug-likeness (QED) is 0.891. The molecule has 1 aliphatic heterocycles. The Morgan fingerprint density at radius 1 is 1.35 bits per heavy atom. The molecule has 8 heteroatoms. The number of halogens is 1. The Balaban J connectivity index is 0.00000200. The van der Waals surface area contributed by atoms with Crippen molar-refractivity contribution in [3.63, 3.8) is 0 Å². The van der Waals surface area contributed by atoms with Gasteiger partial charge in [-0.25, -0.2) is 13.4 Å². The second-order valence-electron chi connectivity index (χ2n) is 4.54. The summed E-state index contributed by atoms with van der Waals surface area (Å²) in [5.74, 6) is 0.406. The summed E-state index contributed by atoms with van der Waals surface area (Å²) in [6.07, 6.45) is 3.00. The minimum atomic E-state index is -3.48. The number of pyridine rings is 1. The van der Waals surface area contributed by atoms with Crippen molar-refractivity contribution >= 4 is 22.4 Å². The molecule has 0 atom stereocenters. The summed E-state index contributed by atoms with van der Waals surface area (Å²) in [4.78, 5) is 4.15. The summed E-state index contributed by atoms with van der Waals surface area (Å²) in [5.41, 5.74) is 0. The first-order chi connectivity index (χ1) is 9.05. The van der Waals surface area contributed by atoms with Crippen LogP contribution in [0.5, 0.6) is 5.88 Å². The van der Waals surface area contributed by atoms with E-state index in [0.29, 0.717) is 5.88 Å². The van der Waals surface area contributed by atoms with Gasteiger partial charge in [-0.3, -0.25) is 0 Å². The van der Waals surface area contributed by atoms with Crippen molar-refractivity contribution in [1.29, 1.82) is 0 Å². The Bertz CT molecular complexity index is 515. The summed E-state index contributed by atoms with van der Waals surface area (Å²) in [6, 6.07) is 3.13. The van der Waals surface area contributed by atoms with E-state index in [-0.39, 0.29) is 23.3 Å². The van der Waals surface area contributed by atoms with Crippen LogP contribution in [-0.2, 0) is 10.0 Å². The topological polar surface area (TPSA) is 71.5 Å². The third-order valence-corrected chi connectivity index (χ3v) is 5.31. The summed E-state index contributed by atoms with van der Waals surface area (Å²) in [5, 5.41) is 3.23. The number of methoxy groups -OCH3 is 1. The number of ether oxygens (including phenoxy) is 1. The summed E-state index contributed by atoms with van der Waals surface area (Å²) in [6.45, 7) is 1.71. The maximum atomic E-state index is 12.5. The van der Waals surface area contributed by atoms with Crippen molar-refractivity contribution in [2.75, 3.05) is 27.2 Å². The van der Waals surface area contributed by atoms with Gasteiger partial charge in [-0.2, -0.15) is 4.31 Å². The molecule has 1 aromatic rings. The molecule has 1 aliphatic rings. The molecule has 6 nitrogen and oxygen atoms in total. The Hall–Kier alpha value is -0.890. The van der Waals surface area contributed by atoms with Crippen LogP contribution in [0.25, 0.3) is 0 Å². The molecule has 114 valence electrons. The van der Waals surface area contributed by atoms with Gasteiger partial charge in [0.25, 0.3) is 0 Å².